The molecule has 128 valence electrons. The Morgan fingerprint density at radius 3 is 2.48 bits per heavy atom. The van der Waals surface area contributed by atoms with Gasteiger partial charge in [0.15, 0.2) is 5.96 Å². The monoisotopic (exact) mass is 435 g/mol. The lowest BCUT2D eigenvalue weighted by Gasteiger charge is -2.33. The predicted octanol–water partition coefficient (Wildman–Crippen LogP) is 2.40. The number of nitrogens with one attached hydrogen (secondary N) is 1. The van der Waals surface area contributed by atoms with Gasteiger partial charge in [0, 0.05) is 26.7 Å². The maximum atomic E-state index is 12.9. The molecular formula is C16H23FIN3O2. The highest BCUT2D eigenvalue weighted by Crippen LogP contribution is 2.18. The summed E-state index contributed by atoms with van der Waals surface area (Å²) in [5, 5.41) is 3.27. The van der Waals surface area contributed by atoms with Gasteiger partial charge in [-0.1, -0.05) is 12.1 Å². The average molecular weight is 435 g/mol. The van der Waals surface area contributed by atoms with Crippen molar-refractivity contribution in [2.75, 3.05) is 27.2 Å². The van der Waals surface area contributed by atoms with Crippen molar-refractivity contribution in [1.29, 1.82) is 0 Å². The van der Waals surface area contributed by atoms with Crippen LogP contribution in [0.2, 0.25) is 0 Å². The molecule has 1 heterocycles. The van der Waals surface area contributed by atoms with E-state index < -0.39 is 0 Å². The van der Waals surface area contributed by atoms with Gasteiger partial charge in [-0.3, -0.25) is 9.79 Å². The molecule has 1 fully saturated rings. The number of esters is 1. The molecular weight excluding hydrogens is 412 g/mol. The maximum absolute atomic E-state index is 12.9. The molecule has 1 aromatic rings. The number of nitrogens with zero attached hydrogens (tertiary/aromatic N) is 2. The summed E-state index contributed by atoms with van der Waals surface area (Å²) in [7, 11) is 3.16. The number of halogens is 2. The Morgan fingerprint density at radius 2 is 1.96 bits per heavy atom. The molecule has 0 aromatic heterocycles. The van der Waals surface area contributed by atoms with Crippen molar-refractivity contribution in [3.63, 3.8) is 0 Å². The SMILES string of the molecule is CN=C(NCc1ccc(F)cc1)N1CCC(C(=O)OC)CC1.I. The van der Waals surface area contributed by atoms with Crippen LogP contribution in [0, 0.1) is 11.7 Å². The summed E-state index contributed by atoms with van der Waals surface area (Å²) in [5.74, 6) is 0.413. The summed E-state index contributed by atoms with van der Waals surface area (Å²) in [5.41, 5.74) is 0.993. The van der Waals surface area contributed by atoms with Crippen LogP contribution in [-0.2, 0) is 16.1 Å². The van der Waals surface area contributed by atoms with E-state index in [9.17, 15) is 9.18 Å². The number of carbonyl (C=O) groups excluding carboxylic acids is 1. The lowest BCUT2D eigenvalue weighted by Crippen LogP contribution is -2.46. The zero-order valence-corrected chi connectivity index (χ0v) is 15.7. The van der Waals surface area contributed by atoms with Gasteiger partial charge in [-0.15, -0.1) is 24.0 Å². The summed E-state index contributed by atoms with van der Waals surface area (Å²) in [6.45, 7) is 2.12. The van der Waals surface area contributed by atoms with Crippen LogP contribution in [0.5, 0.6) is 0 Å². The number of ether oxygens (including phenoxy) is 1. The summed E-state index contributed by atoms with van der Waals surface area (Å²) < 4.78 is 17.7. The molecule has 0 radical (unpaired) electrons. The number of hydrogen-bond donors (Lipinski definition) is 1. The molecule has 0 unspecified atom stereocenters. The van der Waals surface area contributed by atoms with E-state index in [1.807, 2.05) is 0 Å². The molecule has 1 aromatic carbocycles. The standard InChI is InChI=1S/C16H22FN3O2.HI/c1-18-16(19-11-12-3-5-14(17)6-4-12)20-9-7-13(8-10-20)15(21)22-2;/h3-6,13H,7-11H2,1-2H3,(H,18,19);1H. The lowest BCUT2D eigenvalue weighted by atomic mass is 9.97. The largest absolute Gasteiger partial charge is 0.469 e. The maximum Gasteiger partial charge on any atom is 0.308 e. The first-order valence-electron chi connectivity index (χ1n) is 7.42. The summed E-state index contributed by atoms with van der Waals surface area (Å²) in [4.78, 5) is 17.9. The smallest absolute Gasteiger partial charge is 0.308 e. The van der Waals surface area contributed by atoms with Crippen molar-refractivity contribution in [2.45, 2.75) is 19.4 Å². The van der Waals surface area contributed by atoms with Gasteiger partial charge in [-0.05, 0) is 30.5 Å². The Labute approximate surface area is 153 Å². The van der Waals surface area contributed by atoms with Crippen molar-refractivity contribution >= 4 is 35.9 Å². The molecule has 1 N–H and O–H groups in total. The van der Waals surface area contributed by atoms with Crippen molar-refractivity contribution < 1.29 is 13.9 Å². The van der Waals surface area contributed by atoms with Crippen LogP contribution in [-0.4, -0.2) is 44.1 Å². The Kier molecular flexibility index (Phi) is 8.29. The van der Waals surface area contributed by atoms with Gasteiger partial charge in [0.1, 0.15) is 5.82 Å². The molecule has 2 rings (SSSR count). The number of guanidine groups is 1. The van der Waals surface area contributed by atoms with Crippen LogP contribution in [0.15, 0.2) is 29.3 Å². The topological polar surface area (TPSA) is 53.9 Å². The number of rotatable bonds is 3. The fourth-order valence-electron chi connectivity index (χ4n) is 2.61. The zero-order valence-electron chi connectivity index (χ0n) is 13.4. The van der Waals surface area contributed by atoms with Crippen LogP contribution >= 0.6 is 24.0 Å². The number of carbonyl (C=O) groups is 1. The van der Waals surface area contributed by atoms with Crippen molar-refractivity contribution in [2.24, 2.45) is 10.9 Å². The van der Waals surface area contributed by atoms with Crippen LogP contribution in [0.25, 0.3) is 0 Å². The second-order valence-corrected chi connectivity index (χ2v) is 5.31. The molecule has 7 heteroatoms. The first-order valence-corrected chi connectivity index (χ1v) is 7.42. The Balaban J connectivity index is 0.00000264. The molecule has 1 aliphatic rings. The normalized spacial score (nSPS) is 15.8. The van der Waals surface area contributed by atoms with E-state index in [1.165, 1.54) is 19.2 Å². The summed E-state index contributed by atoms with van der Waals surface area (Å²) >= 11 is 0. The second kappa shape index (κ2) is 9.69. The van der Waals surface area contributed by atoms with Crippen molar-refractivity contribution in [3.05, 3.63) is 35.6 Å². The number of aliphatic imine (C=N–C) groups is 1. The summed E-state index contributed by atoms with van der Waals surface area (Å²) in [6, 6.07) is 6.39. The fraction of sp³-hybridized carbons (Fsp3) is 0.500. The highest BCUT2D eigenvalue weighted by Gasteiger charge is 2.26. The van der Waals surface area contributed by atoms with Gasteiger partial charge in [-0.25, -0.2) is 4.39 Å². The average Bonchev–Trinajstić information content (AvgIpc) is 2.57. The van der Waals surface area contributed by atoms with E-state index in [0.29, 0.717) is 6.54 Å². The van der Waals surface area contributed by atoms with E-state index in [-0.39, 0.29) is 41.7 Å². The van der Waals surface area contributed by atoms with Crippen LogP contribution in [0.4, 0.5) is 4.39 Å². The highest BCUT2D eigenvalue weighted by atomic mass is 127. The summed E-state index contributed by atoms with van der Waals surface area (Å²) in [6.07, 6.45) is 1.54. The minimum atomic E-state index is -0.238. The van der Waals surface area contributed by atoms with Crippen LogP contribution in [0.1, 0.15) is 18.4 Å². The first kappa shape index (κ1) is 19.7. The van der Waals surface area contributed by atoms with E-state index in [1.54, 1.807) is 19.2 Å². The van der Waals surface area contributed by atoms with E-state index in [0.717, 1.165) is 37.5 Å². The fourth-order valence-corrected chi connectivity index (χ4v) is 2.61. The predicted molar refractivity (Wildman–Crippen MR) is 98.3 cm³/mol. The minimum absolute atomic E-state index is 0. The van der Waals surface area contributed by atoms with Crippen molar-refractivity contribution in [1.82, 2.24) is 10.2 Å². The van der Waals surface area contributed by atoms with Crippen LogP contribution in [0.3, 0.4) is 0 Å². The van der Waals surface area contributed by atoms with Crippen LogP contribution < -0.4 is 5.32 Å². The number of hydrogen-bond acceptors (Lipinski definition) is 3. The minimum Gasteiger partial charge on any atom is -0.469 e. The number of piperidine rings is 1. The molecule has 5 nitrogen and oxygen atoms in total. The van der Waals surface area contributed by atoms with Crippen molar-refractivity contribution in [3.8, 4) is 0 Å². The molecule has 0 spiro atoms. The number of methoxy groups -OCH3 is 1. The van der Waals surface area contributed by atoms with Gasteiger partial charge >= 0.3 is 5.97 Å². The van der Waals surface area contributed by atoms with Gasteiger partial charge in [0.2, 0.25) is 0 Å². The molecule has 23 heavy (non-hydrogen) atoms. The first-order chi connectivity index (χ1) is 10.6. The third kappa shape index (κ3) is 5.63. The Hall–Kier alpha value is -1.38. The van der Waals surface area contributed by atoms with Gasteiger partial charge in [0.05, 0.1) is 13.0 Å². The molecule has 0 amide bonds. The van der Waals surface area contributed by atoms with Gasteiger partial charge < -0.3 is 15.0 Å². The van der Waals surface area contributed by atoms with E-state index in [4.69, 9.17) is 4.74 Å². The van der Waals surface area contributed by atoms with Gasteiger partial charge in [0.25, 0.3) is 0 Å². The van der Waals surface area contributed by atoms with E-state index in [2.05, 4.69) is 15.2 Å². The zero-order chi connectivity index (χ0) is 15.9. The second-order valence-electron chi connectivity index (χ2n) is 5.31. The highest BCUT2D eigenvalue weighted by molar-refractivity contribution is 14.0. The number of likely N-dealkylation sites (tertiary alicyclic amines) is 1. The number of benzene rings is 1. The molecule has 1 saturated heterocycles. The molecule has 0 aliphatic carbocycles. The van der Waals surface area contributed by atoms with E-state index >= 15 is 0 Å². The third-order valence-corrected chi connectivity index (χ3v) is 3.90. The molecule has 0 bridgehead atoms. The third-order valence-electron chi connectivity index (χ3n) is 3.90. The molecule has 0 saturated carbocycles. The molecule has 0 atom stereocenters. The molecule has 1 aliphatic heterocycles. The Morgan fingerprint density at radius 1 is 1.35 bits per heavy atom. The van der Waals surface area contributed by atoms with Gasteiger partial charge in [-0.2, -0.15) is 0 Å². The quantitative estimate of drug-likeness (QED) is 0.343. The Bertz CT molecular complexity index is 529. The lowest BCUT2D eigenvalue weighted by molar-refractivity contribution is -0.146.